The molecule has 142 valence electrons. The molecule has 1 aliphatic heterocycles. The van der Waals surface area contributed by atoms with Gasteiger partial charge in [-0.1, -0.05) is 12.1 Å². The van der Waals surface area contributed by atoms with Gasteiger partial charge in [0.2, 0.25) is 6.79 Å². The molecule has 1 saturated carbocycles. The first kappa shape index (κ1) is 16.7. The molecule has 0 bridgehead atoms. The smallest absolute Gasteiger partial charge is 0.255 e. The minimum absolute atomic E-state index is 0.117. The molecule has 0 radical (unpaired) electrons. The zero-order valence-corrected chi connectivity index (χ0v) is 15.3. The Labute approximate surface area is 161 Å². The highest BCUT2D eigenvalue weighted by molar-refractivity contribution is 6.05. The number of nitrogens with zero attached hydrogens (tertiary/aromatic N) is 1. The van der Waals surface area contributed by atoms with Gasteiger partial charge in [-0.05, 0) is 48.7 Å². The number of fused-ring (bicyclic) bond motifs is 2. The third kappa shape index (κ3) is 2.94. The summed E-state index contributed by atoms with van der Waals surface area (Å²) in [5.41, 5.74) is 2.98. The van der Waals surface area contributed by atoms with Crippen LogP contribution in [0.3, 0.4) is 0 Å². The van der Waals surface area contributed by atoms with Crippen molar-refractivity contribution in [2.75, 3.05) is 13.9 Å². The van der Waals surface area contributed by atoms with Crippen molar-refractivity contribution in [3.8, 4) is 17.2 Å². The molecule has 0 spiro atoms. The third-order valence-corrected chi connectivity index (χ3v) is 4.90. The van der Waals surface area contributed by atoms with Crippen LogP contribution >= 0.6 is 0 Å². The molecule has 0 unspecified atom stereocenters. The molecule has 1 fully saturated rings. The van der Waals surface area contributed by atoms with Crippen LogP contribution in [0.4, 0.5) is 0 Å². The van der Waals surface area contributed by atoms with E-state index in [0.717, 1.165) is 40.8 Å². The van der Waals surface area contributed by atoms with Gasteiger partial charge in [-0.15, -0.1) is 0 Å². The zero-order chi connectivity index (χ0) is 19.1. The number of carbonyl (C=O) groups is 1. The van der Waals surface area contributed by atoms with E-state index in [1.807, 2.05) is 36.4 Å². The molecule has 2 aromatic carbocycles. The van der Waals surface area contributed by atoms with E-state index in [9.17, 15) is 4.79 Å². The molecule has 0 saturated heterocycles. The van der Waals surface area contributed by atoms with Crippen LogP contribution in [0.15, 0.2) is 30.3 Å². The van der Waals surface area contributed by atoms with Gasteiger partial charge < -0.3 is 19.5 Å². The van der Waals surface area contributed by atoms with Crippen LogP contribution in [0, 0.1) is 0 Å². The number of carbonyl (C=O) groups excluding carboxylic acids is 1. The van der Waals surface area contributed by atoms with E-state index in [4.69, 9.17) is 14.2 Å². The Hall–Kier alpha value is -3.48. The molecular formula is C21H19N3O4. The number of methoxy groups -OCH3 is 1. The molecule has 2 N–H and O–H groups in total. The van der Waals surface area contributed by atoms with Gasteiger partial charge in [0.05, 0.1) is 29.3 Å². The molecule has 0 atom stereocenters. The van der Waals surface area contributed by atoms with Crippen LogP contribution in [0.25, 0.3) is 23.1 Å². The summed E-state index contributed by atoms with van der Waals surface area (Å²) in [6, 6.07) is 9.64. The lowest BCUT2D eigenvalue weighted by atomic mass is 10.1. The Balaban J connectivity index is 1.51. The van der Waals surface area contributed by atoms with Gasteiger partial charge in [0, 0.05) is 6.04 Å². The summed E-state index contributed by atoms with van der Waals surface area (Å²) in [6.45, 7) is 0.245. The van der Waals surface area contributed by atoms with Gasteiger partial charge in [-0.3, -0.25) is 9.89 Å². The second kappa shape index (κ2) is 6.60. The third-order valence-electron chi connectivity index (χ3n) is 4.90. The van der Waals surface area contributed by atoms with E-state index < -0.39 is 0 Å². The van der Waals surface area contributed by atoms with Crippen LogP contribution in [-0.4, -0.2) is 36.0 Å². The zero-order valence-electron chi connectivity index (χ0n) is 15.3. The normalized spacial score (nSPS) is 15.3. The molecule has 7 heteroatoms. The van der Waals surface area contributed by atoms with Gasteiger partial charge in [-0.25, -0.2) is 0 Å². The van der Waals surface area contributed by atoms with Crippen molar-refractivity contribution < 1.29 is 19.0 Å². The molecule has 1 aromatic heterocycles. The summed E-state index contributed by atoms with van der Waals surface area (Å²) < 4.78 is 16.4. The SMILES string of the molecule is COc1c(C(=O)NC2CC2)ccc2[nH]nc(C=Cc3ccc4c(c3)OCO4)c12. The topological polar surface area (TPSA) is 85.5 Å². The number of aromatic nitrogens is 2. The fourth-order valence-corrected chi connectivity index (χ4v) is 3.30. The summed E-state index contributed by atoms with van der Waals surface area (Å²) >= 11 is 0. The standard InChI is InChI=1S/C21H19N3O4/c1-26-20-14(21(25)22-13-4-5-13)6-8-16-19(20)15(23-24-16)7-2-12-3-9-17-18(10-12)28-11-27-17/h2-3,6-10,13H,4-5,11H2,1H3,(H,22,25)(H,23,24). The van der Waals surface area contributed by atoms with E-state index in [0.29, 0.717) is 17.0 Å². The Kier molecular flexibility index (Phi) is 3.93. The lowest BCUT2D eigenvalue weighted by Gasteiger charge is -2.10. The van der Waals surface area contributed by atoms with Gasteiger partial charge >= 0.3 is 0 Å². The molecule has 2 aliphatic rings. The average molecular weight is 377 g/mol. The van der Waals surface area contributed by atoms with Crippen molar-refractivity contribution >= 4 is 29.0 Å². The minimum atomic E-state index is -0.117. The van der Waals surface area contributed by atoms with E-state index in [1.54, 1.807) is 13.2 Å². The molecule has 3 aromatic rings. The van der Waals surface area contributed by atoms with Gasteiger partial charge in [0.25, 0.3) is 5.91 Å². The molecule has 2 heterocycles. The van der Waals surface area contributed by atoms with Crippen LogP contribution in [0.2, 0.25) is 0 Å². The number of rotatable bonds is 5. The molecule has 1 aliphatic carbocycles. The Morgan fingerprint density at radius 2 is 2.07 bits per heavy atom. The summed E-state index contributed by atoms with van der Waals surface area (Å²) in [5, 5.41) is 11.2. The van der Waals surface area contributed by atoms with Crippen molar-refractivity contribution in [1.82, 2.24) is 15.5 Å². The molecule has 28 heavy (non-hydrogen) atoms. The summed E-state index contributed by atoms with van der Waals surface area (Å²) in [4.78, 5) is 12.6. The van der Waals surface area contributed by atoms with Gasteiger partial charge in [0.1, 0.15) is 5.75 Å². The van der Waals surface area contributed by atoms with Crippen molar-refractivity contribution in [2.24, 2.45) is 0 Å². The number of amides is 1. The number of ether oxygens (including phenoxy) is 3. The summed E-state index contributed by atoms with van der Waals surface area (Å²) in [7, 11) is 1.57. The highest BCUT2D eigenvalue weighted by Gasteiger charge is 2.26. The maximum absolute atomic E-state index is 12.6. The van der Waals surface area contributed by atoms with Crippen LogP contribution in [-0.2, 0) is 0 Å². The van der Waals surface area contributed by atoms with Crippen LogP contribution in [0.1, 0.15) is 34.5 Å². The van der Waals surface area contributed by atoms with Crippen molar-refractivity contribution in [1.29, 1.82) is 0 Å². The number of aromatic amines is 1. The predicted molar refractivity (Wildman–Crippen MR) is 105 cm³/mol. The first-order chi connectivity index (χ1) is 13.7. The monoisotopic (exact) mass is 377 g/mol. The van der Waals surface area contributed by atoms with Crippen molar-refractivity contribution in [3.05, 3.63) is 47.2 Å². The van der Waals surface area contributed by atoms with Crippen molar-refractivity contribution in [2.45, 2.75) is 18.9 Å². The second-order valence-electron chi connectivity index (χ2n) is 6.87. The largest absolute Gasteiger partial charge is 0.495 e. The molecule has 5 rings (SSSR count). The van der Waals surface area contributed by atoms with E-state index in [1.165, 1.54) is 0 Å². The highest BCUT2D eigenvalue weighted by atomic mass is 16.7. The summed E-state index contributed by atoms with van der Waals surface area (Å²) in [5.74, 6) is 1.88. The Bertz CT molecular complexity index is 1100. The number of benzene rings is 2. The highest BCUT2D eigenvalue weighted by Crippen LogP contribution is 2.35. The van der Waals surface area contributed by atoms with E-state index in [-0.39, 0.29) is 18.7 Å². The maximum Gasteiger partial charge on any atom is 0.255 e. The second-order valence-corrected chi connectivity index (χ2v) is 6.87. The fraction of sp³-hybridized carbons (Fsp3) is 0.238. The van der Waals surface area contributed by atoms with Crippen molar-refractivity contribution in [3.63, 3.8) is 0 Å². The molecule has 7 nitrogen and oxygen atoms in total. The number of hydrogen-bond donors (Lipinski definition) is 2. The Morgan fingerprint density at radius 3 is 2.89 bits per heavy atom. The number of hydrogen-bond acceptors (Lipinski definition) is 5. The maximum atomic E-state index is 12.6. The van der Waals surface area contributed by atoms with Gasteiger partial charge in [0.15, 0.2) is 11.5 Å². The predicted octanol–water partition coefficient (Wildman–Crippen LogP) is 3.36. The first-order valence-corrected chi connectivity index (χ1v) is 9.16. The average Bonchev–Trinajstić information content (AvgIpc) is 3.24. The van der Waals surface area contributed by atoms with E-state index >= 15 is 0 Å². The number of nitrogens with one attached hydrogen (secondary N) is 2. The quantitative estimate of drug-likeness (QED) is 0.712. The summed E-state index contributed by atoms with van der Waals surface area (Å²) in [6.07, 6.45) is 5.90. The molecule has 1 amide bonds. The van der Waals surface area contributed by atoms with Gasteiger partial charge in [-0.2, -0.15) is 5.10 Å². The first-order valence-electron chi connectivity index (χ1n) is 9.16. The number of H-pyrrole nitrogens is 1. The van der Waals surface area contributed by atoms with E-state index in [2.05, 4.69) is 15.5 Å². The molecular weight excluding hydrogens is 358 g/mol. The van der Waals surface area contributed by atoms with Crippen LogP contribution in [0.5, 0.6) is 17.2 Å². The minimum Gasteiger partial charge on any atom is -0.495 e. The lowest BCUT2D eigenvalue weighted by Crippen LogP contribution is -2.25. The fourth-order valence-electron chi connectivity index (χ4n) is 3.30. The lowest BCUT2D eigenvalue weighted by molar-refractivity contribution is 0.0948. The Morgan fingerprint density at radius 1 is 1.21 bits per heavy atom. The van der Waals surface area contributed by atoms with Crippen LogP contribution < -0.4 is 19.5 Å².